The molecule has 0 aliphatic rings. The molecule has 0 aliphatic carbocycles. The van der Waals surface area contributed by atoms with Gasteiger partial charge in [0, 0.05) is 38.1 Å². The third-order valence-electron chi connectivity index (χ3n) is 3.33. The largest absolute Gasteiger partial charge is 0.395 e. The lowest BCUT2D eigenvalue weighted by atomic mass is 10.2. The van der Waals surface area contributed by atoms with E-state index < -0.39 is 0 Å². The number of aliphatic hydroxyl groups is 1. The smallest absolute Gasteiger partial charge is 0.270 e. The number of methoxy groups -OCH3 is 1. The zero-order valence-corrected chi connectivity index (χ0v) is 11.9. The number of hydrogen-bond acceptors (Lipinski definition) is 3. The Morgan fingerprint density at radius 2 is 2.15 bits per heavy atom. The molecule has 0 radical (unpaired) electrons. The molecule has 108 valence electrons. The number of likely N-dealkylation sites (N-methyl/N-ethyl adjacent to an activating group) is 1. The zero-order valence-electron chi connectivity index (χ0n) is 11.9. The first-order valence-electron chi connectivity index (χ1n) is 6.62. The van der Waals surface area contributed by atoms with Crippen LogP contribution in [0.15, 0.2) is 30.3 Å². The molecule has 1 N–H and O–H groups in total. The first kappa shape index (κ1) is 14.6. The van der Waals surface area contributed by atoms with Crippen molar-refractivity contribution in [3.8, 4) is 0 Å². The highest BCUT2D eigenvalue weighted by Crippen LogP contribution is 2.20. The maximum atomic E-state index is 12.4. The van der Waals surface area contributed by atoms with Crippen molar-refractivity contribution in [2.24, 2.45) is 0 Å². The summed E-state index contributed by atoms with van der Waals surface area (Å²) < 4.78 is 7.09. The van der Waals surface area contributed by atoms with Crippen LogP contribution in [0, 0.1) is 0 Å². The number of ether oxygens (including phenoxy) is 1. The molecule has 0 saturated heterocycles. The van der Waals surface area contributed by atoms with E-state index in [1.165, 1.54) is 4.90 Å². The van der Waals surface area contributed by atoms with Crippen LogP contribution >= 0.6 is 0 Å². The summed E-state index contributed by atoms with van der Waals surface area (Å²) in [5.74, 6) is -0.0913. The Kier molecular flexibility index (Phi) is 4.76. The molecule has 0 saturated carbocycles. The van der Waals surface area contributed by atoms with Gasteiger partial charge in [-0.3, -0.25) is 4.79 Å². The molecular formula is C15H20N2O3. The number of hydrogen-bond donors (Lipinski definition) is 1. The minimum Gasteiger partial charge on any atom is -0.395 e. The maximum absolute atomic E-state index is 12.4. The monoisotopic (exact) mass is 276 g/mol. The highest BCUT2D eigenvalue weighted by atomic mass is 16.5. The quantitative estimate of drug-likeness (QED) is 0.866. The molecular weight excluding hydrogens is 256 g/mol. The fourth-order valence-corrected chi connectivity index (χ4v) is 2.26. The number of para-hydroxylation sites is 1. The van der Waals surface area contributed by atoms with Gasteiger partial charge in [0.2, 0.25) is 0 Å². The topological polar surface area (TPSA) is 54.7 Å². The standard InChI is InChI=1S/C15H20N2O3/c1-16(7-9-18)15(19)14-11-12-5-3-4-6-13(12)17(14)8-10-20-2/h3-6,11,18H,7-10H2,1-2H3. The van der Waals surface area contributed by atoms with Crippen molar-refractivity contribution in [1.82, 2.24) is 9.47 Å². The number of nitrogens with zero attached hydrogens (tertiary/aromatic N) is 2. The molecule has 20 heavy (non-hydrogen) atoms. The molecule has 0 aliphatic heterocycles. The molecule has 0 atom stereocenters. The average Bonchev–Trinajstić information content (AvgIpc) is 2.83. The first-order chi connectivity index (χ1) is 9.69. The summed E-state index contributed by atoms with van der Waals surface area (Å²) in [5, 5.41) is 9.99. The van der Waals surface area contributed by atoms with E-state index in [-0.39, 0.29) is 12.5 Å². The van der Waals surface area contributed by atoms with Crippen LogP contribution in [0.3, 0.4) is 0 Å². The van der Waals surface area contributed by atoms with E-state index in [1.54, 1.807) is 14.2 Å². The number of aliphatic hydroxyl groups excluding tert-OH is 1. The molecule has 0 bridgehead atoms. The minimum absolute atomic E-state index is 0.0411. The van der Waals surface area contributed by atoms with Crippen LogP contribution < -0.4 is 0 Å². The number of carbonyl (C=O) groups excluding carboxylic acids is 1. The Bertz CT molecular complexity index is 592. The summed E-state index contributed by atoms with van der Waals surface area (Å²) in [6.45, 7) is 1.45. The first-order valence-corrected chi connectivity index (χ1v) is 6.62. The van der Waals surface area contributed by atoms with E-state index in [1.807, 2.05) is 34.9 Å². The van der Waals surface area contributed by atoms with E-state index in [4.69, 9.17) is 9.84 Å². The number of amides is 1. The van der Waals surface area contributed by atoms with Gasteiger partial charge in [-0.1, -0.05) is 18.2 Å². The summed E-state index contributed by atoms with van der Waals surface area (Å²) in [7, 11) is 3.34. The van der Waals surface area contributed by atoms with E-state index in [9.17, 15) is 4.79 Å². The van der Waals surface area contributed by atoms with Crippen molar-refractivity contribution in [3.05, 3.63) is 36.0 Å². The van der Waals surface area contributed by atoms with Crippen LogP contribution in [0.2, 0.25) is 0 Å². The van der Waals surface area contributed by atoms with Gasteiger partial charge in [0.15, 0.2) is 0 Å². The molecule has 1 aromatic carbocycles. The third kappa shape index (κ3) is 2.84. The van der Waals surface area contributed by atoms with Crippen LogP contribution in [-0.2, 0) is 11.3 Å². The Morgan fingerprint density at radius 1 is 1.40 bits per heavy atom. The van der Waals surface area contributed by atoms with Crippen LogP contribution in [-0.4, -0.2) is 54.4 Å². The lowest BCUT2D eigenvalue weighted by Crippen LogP contribution is -2.31. The fourth-order valence-electron chi connectivity index (χ4n) is 2.26. The Hall–Kier alpha value is -1.85. The van der Waals surface area contributed by atoms with Gasteiger partial charge in [0.1, 0.15) is 5.69 Å². The van der Waals surface area contributed by atoms with Gasteiger partial charge in [-0.05, 0) is 12.1 Å². The number of fused-ring (bicyclic) bond motifs is 1. The lowest BCUT2D eigenvalue weighted by Gasteiger charge is -2.17. The van der Waals surface area contributed by atoms with Crippen LogP contribution in [0.4, 0.5) is 0 Å². The summed E-state index contributed by atoms with van der Waals surface area (Å²) in [6.07, 6.45) is 0. The second-order valence-corrected chi connectivity index (χ2v) is 4.68. The summed E-state index contributed by atoms with van der Waals surface area (Å²) >= 11 is 0. The highest BCUT2D eigenvalue weighted by molar-refractivity contribution is 5.98. The predicted molar refractivity (Wildman–Crippen MR) is 77.9 cm³/mol. The van der Waals surface area contributed by atoms with E-state index >= 15 is 0 Å². The van der Waals surface area contributed by atoms with Gasteiger partial charge >= 0.3 is 0 Å². The van der Waals surface area contributed by atoms with Gasteiger partial charge in [-0.25, -0.2) is 0 Å². The molecule has 2 aromatic rings. The molecule has 1 aromatic heterocycles. The van der Waals surface area contributed by atoms with Crippen molar-refractivity contribution >= 4 is 16.8 Å². The number of aromatic nitrogens is 1. The Labute approximate surface area is 118 Å². The summed E-state index contributed by atoms with van der Waals surface area (Å²) in [6, 6.07) is 9.78. The van der Waals surface area contributed by atoms with Crippen LogP contribution in [0.5, 0.6) is 0 Å². The van der Waals surface area contributed by atoms with Crippen molar-refractivity contribution in [2.45, 2.75) is 6.54 Å². The predicted octanol–water partition coefficient (Wildman–Crippen LogP) is 1.35. The Balaban J connectivity index is 2.42. The molecule has 1 heterocycles. The van der Waals surface area contributed by atoms with E-state index in [0.29, 0.717) is 25.4 Å². The Morgan fingerprint density at radius 3 is 2.85 bits per heavy atom. The van der Waals surface area contributed by atoms with E-state index in [2.05, 4.69) is 0 Å². The summed E-state index contributed by atoms with van der Waals surface area (Å²) in [4.78, 5) is 14.0. The molecule has 5 heteroatoms. The molecule has 0 unspecified atom stereocenters. The fraction of sp³-hybridized carbons (Fsp3) is 0.400. The van der Waals surface area contributed by atoms with Crippen molar-refractivity contribution in [1.29, 1.82) is 0 Å². The van der Waals surface area contributed by atoms with Gasteiger partial charge in [-0.2, -0.15) is 0 Å². The number of rotatable bonds is 6. The molecule has 2 rings (SSSR count). The van der Waals surface area contributed by atoms with Crippen LogP contribution in [0.1, 0.15) is 10.5 Å². The maximum Gasteiger partial charge on any atom is 0.270 e. The van der Waals surface area contributed by atoms with Crippen LogP contribution in [0.25, 0.3) is 10.9 Å². The normalized spacial score (nSPS) is 10.9. The second kappa shape index (κ2) is 6.54. The second-order valence-electron chi connectivity index (χ2n) is 4.68. The molecule has 0 spiro atoms. The van der Waals surface area contributed by atoms with Gasteiger partial charge in [0.05, 0.1) is 13.2 Å². The van der Waals surface area contributed by atoms with Crippen molar-refractivity contribution < 1.29 is 14.6 Å². The zero-order chi connectivity index (χ0) is 14.5. The third-order valence-corrected chi connectivity index (χ3v) is 3.33. The van der Waals surface area contributed by atoms with Gasteiger partial charge < -0.3 is 19.3 Å². The number of benzene rings is 1. The average molecular weight is 276 g/mol. The molecule has 0 fully saturated rings. The SMILES string of the molecule is COCCn1c(C(=O)N(C)CCO)cc2ccccc21. The van der Waals surface area contributed by atoms with Crippen molar-refractivity contribution in [3.63, 3.8) is 0 Å². The molecule has 5 nitrogen and oxygen atoms in total. The number of carbonyl (C=O) groups is 1. The highest BCUT2D eigenvalue weighted by Gasteiger charge is 2.18. The lowest BCUT2D eigenvalue weighted by molar-refractivity contribution is 0.0754. The van der Waals surface area contributed by atoms with Gasteiger partial charge in [0.25, 0.3) is 5.91 Å². The van der Waals surface area contributed by atoms with E-state index in [0.717, 1.165) is 10.9 Å². The summed E-state index contributed by atoms with van der Waals surface area (Å²) in [5.41, 5.74) is 1.64. The van der Waals surface area contributed by atoms with Crippen molar-refractivity contribution in [2.75, 3.05) is 33.9 Å². The minimum atomic E-state index is -0.0913. The van der Waals surface area contributed by atoms with Gasteiger partial charge in [-0.15, -0.1) is 0 Å². The molecule has 1 amide bonds.